The van der Waals surface area contributed by atoms with E-state index in [0.29, 0.717) is 0 Å². The predicted molar refractivity (Wildman–Crippen MR) is 200 cm³/mol. The molecule has 0 radical (unpaired) electrons. The highest BCUT2D eigenvalue weighted by Gasteiger charge is 2.21. The van der Waals surface area contributed by atoms with Gasteiger partial charge in [-0.25, -0.2) is 0 Å². The van der Waals surface area contributed by atoms with Crippen molar-refractivity contribution in [2.45, 2.75) is 0 Å². The highest BCUT2D eigenvalue weighted by Crippen LogP contribution is 2.48. The SMILES string of the molecule is c1ccc(-c2ccc(-c3c4ccccc4c(-c4cccc5c4ccc4oc6ccccc6c45)c4ccccc34)c3ccccc23)cc1. The van der Waals surface area contributed by atoms with Crippen LogP contribution < -0.4 is 0 Å². The van der Waals surface area contributed by atoms with Crippen LogP contribution in [0.2, 0.25) is 0 Å². The van der Waals surface area contributed by atoms with Crippen molar-refractivity contribution in [2.75, 3.05) is 0 Å². The topological polar surface area (TPSA) is 13.1 Å². The van der Waals surface area contributed by atoms with Crippen LogP contribution in [0.25, 0.3) is 98.4 Å². The Morgan fingerprint density at radius 1 is 0.255 bits per heavy atom. The second kappa shape index (κ2) is 10.2. The summed E-state index contributed by atoms with van der Waals surface area (Å²) in [6.45, 7) is 0. The minimum atomic E-state index is 0.922. The van der Waals surface area contributed by atoms with E-state index in [1.165, 1.54) is 81.9 Å². The molecule has 10 aromatic rings. The van der Waals surface area contributed by atoms with Crippen LogP contribution in [0.1, 0.15) is 0 Å². The molecule has 0 unspecified atom stereocenters. The van der Waals surface area contributed by atoms with Gasteiger partial charge in [-0.3, -0.25) is 0 Å². The number of hydrogen-bond acceptors (Lipinski definition) is 1. The van der Waals surface area contributed by atoms with Crippen molar-refractivity contribution in [1.29, 1.82) is 0 Å². The number of fused-ring (bicyclic) bond motifs is 8. The third-order valence-corrected chi connectivity index (χ3v) is 9.88. The monoisotopic (exact) mass is 596 g/mol. The summed E-state index contributed by atoms with van der Waals surface area (Å²) in [6, 6.07) is 61.5. The molecule has 0 saturated heterocycles. The molecule has 47 heavy (non-hydrogen) atoms. The summed E-state index contributed by atoms with van der Waals surface area (Å²) < 4.78 is 6.28. The maximum atomic E-state index is 6.28. The van der Waals surface area contributed by atoms with Gasteiger partial charge in [-0.1, -0.05) is 158 Å². The molecule has 0 aliphatic rings. The Labute approximate surface area is 271 Å². The fourth-order valence-corrected chi connectivity index (χ4v) is 7.89. The van der Waals surface area contributed by atoms with E-state index < -0.39 is 0 Å². The highest BCUT2D eigenvalue weighted by atomic mass is 16.3. The van der Waals surface area contributed by atoms with Gasteiger partial charge in [0, 0.05) is 10.8 Å². The Kier molecular flexibility index (Phi) is 5.64. The summed E-state index contributed by atoms with van der Waals surface area (Å²) in [6.07, 6.45) is 0. The molecule has 0 amide bonds. The van der Waals surface area contributed by atoms with Gasteiger partial charge >= 0.3 is 0 Å². The Morgan fingerprint density at radius 2 is 0.723 bits per heavy atom. The normalized spacial score (nSPS) is 11.8. The van der Waals surface area contributed by atoms with E-state index in [1.54, 1.807) is 0 Å². The molecule has 0 bridgehead atoms. The fraction of sp³-hybridized carbons (Fsp3) is 0. The highest BCUT2D eigenvalue weighted by molar-refractivity contribution is 6.28. The second-order valence-corrected chi connectivity index (χ2v) is 12.4. The van der Waals surface area contributed by atoms with Crippen LogP contribution in [-0.2, 0) is 0 Å². The standard InChI is InChI=1S/C46H28O/c1-2-13-29(14-3-1)30-25-26-40(32-16-5-4-15-31(30)32)45-38-19-8-6-17-36(38)44(37-18-7-9-20-39(37)45)34-22-12-23-35-33(34)27-28-43-46(35)41-21-10-11-24-42(41)47-43/h1-28H. The van der Waals surface area contributed by atoms with E-state index in [0.717, 1.165) is 16.6 Å². The molecule has 1 heteroatoms. The molecule has 1 nitrogen and oxygen atoms in total. The van der Waals surface area contributed by atoms with Crippen LogP contribution in [0.15, 0.2) is 174 Å². The smallest absolute Gasteiger partial charge is 0.136 e. The van der Waals surface area contributed by atoms with Crippen LogP contribution in [-0.4, -0.2) is 0 Å². The van der Waals surface area contributed by atoms with E-state index in [4.69, 9.17) is 4.42 Å². The number of hydrogen-bond donors (Lipinski definition) is 0. The zero-order chi connectivity index (χ0) is 30.9. The molecule has 9 aromatic carbocycles. The van der Waals surface area contributed by atoms with E-state index in [1.807, 2.05) is 6.07 Å². The van der Waals surface area contributed by atoms with Crippen molar-refractivity contribution < 1.29 is 4.42 Å². The van der Waals surface area contributed by atoms with Crippen molar-refractivity contribution in [3.63, 3.8) is 0 Å². The predicted octanol–water partition coefficient (Wildman–Crippen LogP) is 13.2. The lowest BCUT2D eigenvalue weighted by Crippen LogP contribution is -1.93. The molecule has 0 spiro atoms. The average Bonchev–Trinajstić information content (AvgIpc) is 3.53. The lowest BCUT2D eigenvalue weighted by Gasteiger charge is -2.20. The van der Waals surface area contributed by atoms with Crippen molar-refractivity contribution in [2.24, 2.45) is 0 Å². The molecule has 0 aliphatic heterocycles. The van der Waals surface area contributed by atoms with Crippen LogP contribution in [0, 0.1) is 0 Å². The largest absolute Gasteiger partial charge is 0.456 e. The van der Waals surface area contributed by atoms with E-state index in [2.05, 4.69) is 164 Å². The minimum Gasteiger partial charge on any atom is -0.456 e. The lowest BCUT2D eigenvalue weighted by atomic mass is 9.83. The van der Waals surface area contributed by atoms with Gasteiger partial charge in [-0.2, -0.15) is 0 Å². The van der Waals surface area contributed by atoms with Gasteiger partial charge in [0.05, 0.1) is 0 Å². The van der Waals surface area contributed by atoms with Crippen LogP contribution >= 0.6 is 0 Å². The molecule has 0 N–H and O–H groups in total. The summed E-state index contributed by atoms with van der Waals surface area (Å²) >= 11 is 0. The first-order valence-electron chi connectivity index (χ1n) is 16.2. The average molecular weight is 597 g/mol. The molecular weight excluding hydrogens is 569 g/mol. The summed E-state index contributed by atoms with van der Waals surface area (Å²) in [5, 5.41) is 12.3. The quantitative estimate of drug-likeness (QED) is 0.185. The molecule has 10 rings (SSSR count). The van der Waals surface area contributed by atoms with Gasteiger partial charge in [-0.15, -0.1) is 0 Å². The first-order chi connectivity index (χ1) is 23.3. The van der Waals surface area contributed by atoms with Crippen molar-refractivity contribution >= 4 is 65.0 Å². The second-order valence-electron chi connectivity index (χ2n) is 12.4. The van der Waals surface area contributed by atoms with E-state index >= 15 is 0 Å². The van der Waals surface area contributed by atoms with Crippen LogP contribution in [0.4, 0.5) is 0 Å². The zero-order valence-electron chi connectivity index (χ0n) is 25.6. The minimum absolute atomic E-state index is 0.922. The Bertz CT molecular complexity index is 2780. The van der Waals surface area contributed by atoms with Gasteiger partial charge in [0.25, 0.3) is 0 Å². The molecule has 0 aliphatic carbocycles. The lowest BCUT2D eigenvalue weighted by molar-refractivity contribution is 0.669. The zero-order valence-corrected chi connectivity index (χ0v) is 25.6. The maximum Gasteiger partial charge on any atom is 0.136 e. The third-order valence-electron chi connectivity index (χ3n) is 9.88. The molecular formula is C46H28O. The number of furan rings is 1. The molecule has 0 fully saturated rings. The van der Waals surface area contributed by atoms with Gasteiger partial charge in [0.1, 0.15) is 11.2 Å². The fourth-order valence-electron chi connectivity index (χ4n) is 7.89. The number of rotatable bonds is 3. The van der Waals surface area contributed by atoms with Gasteiger partial charge < -0.3 is 4.42 Å². The number of para-hydroxylation sites is 1. The molecule has 218 valence electrons. The van der Waals surface area contributed by atoms with Crippen LogP contribution in [0.5, 0.6) is 0 Å². The third kappa shape index (κ3) is 3.84. The van der Waals surface area contributed by atoms with Crippen LogP contribution in [0.3, 0.4) is 0 Å². The summed E-state index contributed by atoms with van der Waals surface area (Å²) in [5.41, 5.74) is 9.36. The molecule has 0 atom stereocenters. The molecule has 1 aromatic heterocycles. The van der Waals surface area contributed by atoms with Gasteiger partial charge in [0.15, 0.2) is 0 Å². The summed E-state index contributed by atoms with van der Waals surface area (Å²) in [4.78, 5) is 0. The van der Waals surface area contributed by atoms with Gasteiger partial charge in [0.2, 0.25) is 0 Å². The Balaban J connectivity index is 1.31. The summed E-state index contributed by atoms with van der Waals surface area (Å²) in [5.74, 6) is 0. The Morgan fingerprint density at radius 3 is 1.38 bits per heavy atom. The molecule has 1 heterocycles. The maximum absolute atomic E-state index is 6.28. The Hall–Kier alpha value is -6.18. The van der Waals surface area contributed by atoms with E-state index in [-0.39, 0.29) is 0 Å². The van der Waals surface area contributed by atoms with E-state index in [9.17, 15) is 0 Å². The summed E-state index contributed by atoms with van der Waals surface area (Å²) in [7, 11) is 0. The van der Waals surface area contributed by atoms with Crippen molar-refractivity contribution in [3.8, 4) is 33.4 Å². The first-order valence-corrected chi connectivity index (χ1v) is 16.2. The van der Waals surface area contributed by atoms with Crippen molar-refractivity contribution in [3.05, 3.63) is 170 Å². The van der Waals surface area contributed by atoms with Gasteiger partial charge in [-0.05, 0) is 88.6 Å². The number of benzene rings is 9. The molecule has 0 saturated carbocycles. The van der Waals surface area contributed by atoms with Crippen molar-refractivity contribution in [1.82, 2.24) is 0 Å². The first kappa shape index (κ1) is 26.1.